The van der Waals surface area contributed by atoms with Gasteiger partial charge in [-0.3, -0.25) is 14.7 Å². The summed E-state index contributed by atoms with van der Waals surface area (Å²) >= 11 is 0. The first kappa shape index (κ1) is 22.4. The van der Waals surface area contributed by atoms with Crippen LogP contribution in [-0.2, 0) is 16.7 Å². The number of nitrogens with two attached hydrogens (primary N) is 1. The van der Waals surface area contributed by atoms with E-state index in [2.05, 4.69) is 9.88 Å². The van der Waals surface area contributed by atoms with E-state index >= 15 is 4.39 Å². The Labute approximate surface area is 202 Å². The standard InChI is InChI=1S/C26H29FN4O4/c27-19-20(28)18-21-24(22(19)30-10-6-15(12-30)11-16-5-1-4-9-29-16)35-14-26(7-2-3-8-26)31(21)13-17(23(18)32)25(33)34/h1,4-5,9,13,15,22,24H,2-3,6-8,10-12,14,28H2,(H,33,34). The summed E-state index contributed by atoms with van der Waals surface area (Å²) in [5.74, 6) is -1.61. The molecule has 3 atom stereocenters. The maximum Gasteiger partial charge on any atom is 0.341 e. The van der Waals surface area contributed by atoms with Crippen molar-refractivity contribution in [2.75, 3.05) is 19.7 Å². The molecule has 4 heterocycles. The fraction of sp³-hybridized carbons (Fsp3) is 0.500. The molecule has 6 rings (SSSR count). The largest absolute Gasteiger partial charge is 0.477 e. The van der Waals surface area contributed by atoms with Crippen LogP contribution in [-0.4, -0.2) is 51.3 Å². The highest BCUT2D eigenvalue weighted by atomic mass is 19.1. The van der Waals surface area contributed by atoms with E-state index in [9.17, 15) is 14.7 Å². The molecule has 0 amide bonds. The van der Waals surface area contributed by atoms with Crippen LogP contribution in [0.5, 0.6) is 0 Å². The molecule has 184 valence electrons. The zero-order valence-corrected chi connectivity index (χ0v) is 19.5. The fourth-order valence-electron chi connectivity index (χ4n) is 6.63. The number of carbonyl (C=O) groups is 1. The van der Waals surface area contributed by atoms with Gasteiger partial charge in [0.2, 0.25) is 5.43 Å². The number of carboxylic acid groups (broad SMARTS) is 1. The van der Waals surface area contributed by atoms with E-state index in [0.29, 0.717) is 31.3 Å². The lowest BCUT2D eigenvalue weighted by Gasteiger charge is -2.48. The molecule has 2 aromatic heterocycles. The minimum Gasteiger partial charge on any atom is -0.477 e. The molecule has 2 fully saturated rings. The number of rotatable bonds is 4. The lowest BCUT2D eigenvalue weighted by molar-refractivity contribution is -0.0762. The molecule has 2 aromatic rings. The first-order chi connectivity index (χ1) is 16.9. The molecule has 0 radical (unpaired) electrons. The molecular weight excluding hydrogens is 451 g/mol. The third kappa shape index (κ3) is 3.43. The molecule has 0 bridgehead atoms. The summed E-state index contributed by atoms with van der Waals surface area (Å²) in [6, 6.07) is 5.12. The van der Waals surface area contributed by atoms with Gasteiger partial charge in [-0.05, 0) is 50.3 Å². The second-order valence-corrected chi connectivity index (χ2v) is 10.4. The average molecular weight is 481 g/mol. The number of aromatic carboxylic acids is 1. The molecule has 0 aromatic carbocycles. The van der Waals surface area contributed by atoms with Crippen molar-refractivity contribution in [2.45, 2.75) is 56.2 Å². The van der Waals surface area contributed by atoms with E-state index in [1.54, 1.807) is 6.20 Å². The Morgan fingerprint density at radius 2 is 2.11 bits per heavy atom. The van der Waals surface area contributed by atoms with Crippen molar-refractivity contribution >= 4 is 11.7 Å². The molecule has 3 N–H and O–H groups in total. The summed E-state index contributed by atoms with van der Waals surface area (Å²) in [6.45, 7) is 1.71. The number of pyridine rings is 2. The van der Waals surface area contributed by atoms with Gasteiger partial charge in [0.1, 0.15) is 17.5 Å². The predicted molar refractivity (Wildman–Crippen MR) is 126 cm³/mol. The Bertz CT molecular complexity index is 1270. The van der Waals surface area contributed by atoms with Crippen molar-refractivity contribution in [1.29, 1.82) is 0 Å². The Hall–Kier alpha value is -3.04. The minimum atomic E-state index is -1.33. The topological polar surface area (TPSA) is 111 Å². The van der Waals surface area contributed by atoms with Crippen LogP contribution in [0.1, 0.15) is 65.5 Å². The van der Waals surface area contributed by atoms with E-state index in [1.165, 1.54) is 6.20 Å². The first-order valence-corrected chi connectivity index (χ1v) is 12.3. The van der Waals surface area contributed by atoms with Crippen molar-refractivity contribution in [2.24, 2.45) is 11.7 Å². The highest BCUT2D eigenvalue weighted by Crippen LogP contribution is 2.49. The zero-order valence-electron chi connectivity index (χ0n) is 19.5. The maximum atomic E-state index is 15.9. The van der Waals surface area contributed by atoms with Gasteiger partial charge >= 0.3 is 5.97 Å². The van der Waals surface area contributed by atoms with Crippen LogP contribution in [0.2, 0.25) is 0 Å². The molecule has 35 heavy (non-hydrogen) atoms. The molecule has 4 aliphatic rings. The van der Waals surface area contributed by atoms with Crippen LogP contribution in [0.4, 0.5) is 4.39 Å². The van der Waals surface area contributed by atoms with Crippen LogP contribution >= 0.6 is 0 Å². The van der Waals surface area contributed by atoms with Crippen LogP contribution in [0.3, 0.4) is 0 Å². The lowest BCUT2D eigenvalue weighted by atomic mass is 9.84. The normalized spacial score (nSPS) is 27.4. The molecule has 3 unspecified atom stereocenters. The number of ether oxygens (including phenoxy) is 1. The van der Waals surface area contributed by atoms with Crippen LogP contribution in [0, 0.1) is 5.92 Å². The van der Waals surface area contributed by atoms with Crippen LogP contribution in [0.15, 0.2) is 41.2 Å². The van der Waals surface area contributed by atoms with E-state index < -0.39 is 34.9 Å². The van der Waals surface area contributed by atoms with E-state index in [4.69, 9.17) is 10.5 Å². The van der Waals surface area contributed by atoms with Gasteiger partial charge in [0, 0.05) is 24.6 Å². The number of carboxylic acids is 1. The third-order valence-electron chi connectivity index (χ3n) is 8.33. The molecule has 2 aliphatic heterocycles. The third-order valence-corrected chi connectivity index (χ3v) is 8.33. The molecule has 8 nitrogen and oxygen atoms in total. The van der Waals surface area contributed by atoms with Crippen molar-refractivity contribution in [3.05, 3.63) is 69.2 Å². The van der Waals surface area contributed by atoms with Gasteiger partial charge in [0.05, 0.1) is 35.1 Å². The van der Waals surface area contributed by atoms with Gasteiger partial charge in [-0.15, -0.1) is 0 Å². The smallest absolute Gasteiger partial charge is 0.341 e. The van der Waals surface area contributed by atoms with E-state index in [0.717, 1.165) is 44.2 Å². The Morgan fingerprint density at radius 1 is 1.31 bits per heavy atom. The molecular formula is C26H29FN4O4. The average Bonchev–Trinajstić information content (AvgIpc) is 3.50. The molecule has 9 heteroatoms. The van der Waals surface area contributed by atoms with Crippen LogP contribution in [0.25, 0.3) is 5.70 Å². The molecule has 2 aliphatic carbocycles. The Kier molecular flexibility index (Phi) is 5.30. The molecule has 1 spiro atoms. The highest BCUT2D eigenvalue weighted by Gasteiger charge is 2.51. The number of halogens is 1. The summed E-state index contributed by atoms with van der Waals surface area (Å²) < 4.78 is 24.2. The number of hydrogen-bond donors (Lipinski definition) is 2. The summed E-state index contributed by atoms with van der Waals surface area (Å²) in [4.78, 5) is 31.6. The first-order valence-electron chi connectivity index (χ1n) is 12.3. The Morgan fingerprint density at radius 3 is 2.83 bits per heavy atom. The number of likely N-dealkylation sites (tertiary alicyclic amines) is 1. The summed E-state index contributed by atoms with van der Waals surface area (Å²) in [7, 11) is 0. The number of fused-ring (bicyclic) bond motifs is 1. The number of aromatic nitrogens is 2. The second-order valence-electron chi connectivity index (χ2n) is 10.4. The van der Waals surface area contributed by atoms with Crippen LogP contribution < -0.4 is 11.2 Å². The zero-order chi connectivity index (χ0) is 24.3. The van der Waals surface area contributed by atoms with Gasteiger partial charge in [0.15, 0.2) is 0 Å². The minimum absolute atomic E-state index is 0.0427. The summed E-state index contributed by atoms with van der Waals surface area (Å²) in [5, 5.41) is 9.72. The van der Waals surface area contributed by atoms with Crippen molar-refractivity contribution in [3.63, 3.8) is 0 Å². The SMILES string of the molecule is NC1=C(F)C(N2CCC(Cc3ccccn3)C2)C2OCC3(CCCC3)n3cc(C(=O)O)c(=O)c1c32. The van der Waals surface area contributed by atoms with Gasteiger partial charge in [-0.1, -0.05) is 18.9 Å². The Balaban J connectivity index is 1.41. The fourth-order valence-corrected chi connectivity index (χ4v) is 6.63. The molecule has 1 saturated carbocycles. The van der Waals surface area contributed by atoms with E-state index in [-0.39, 0.29) is 16.8 Å². The van der Waals surface area contributed by atoms with Crippen molar-refractivity contribution < 1.29 is 19.0 Å². The second kappa shape index (κ2) is 8.27. The van der Waals surface area contributed by atoms with Crippen molar-refractivity contribution in [3.8, 4) is 0 Å². The molecule has 1 saturated heterocycles. The van der Waals surface area contributed by atoms with E-state index in [1.807, 2.05) is 22.8 Å². The van der Waals surface area contributed by atoms with Gasteiger partial charge in [0.25, 0.3) is 0 Å². The quantitative estimate of drug-likeness (QED) is 0.692. The number of nitrogens with zero attached hydrogens (tertiary/aromatic N) is 3. The van der Waals surface area contributed by atoms with Gasteiger partial charge in [-0.25, -0.2) is 9.18 Å². The predicted octanol–water partition coefficient (Wildman–Crippen LogP) is 2.83. The maximum absolute atomic E-state index is 15.9. The monoisotopic (exact) mass is 480 g/mol. The lowest BCUT2D eigenvalue weighted by Crippen LogP contribution is -2.53. The van der Waals surface area contributed by atoms with Crippen molar-refractivity contribution in [1.82, 2.24) is 14.5 Å². The van der Waals surface area contributed by atoms with Gasteiger partial charge < -0.3 is 20.1 Å². The van der Waals surface area contributed by atoms with Gasteiger partial charge in [-0.2, -0.15) is 0 Å². The summed E-state index contributed by atoms with van der Waals surface area (Å²) in [5.41, 5.74) is 5.98. The summed E-state index contributed by atoms with van der Waals surface area (Å²) in [6.07, 6.45) is 7.84. The number of hydrogen-bond acceptors (Lipinski definition) is 6. The highest BCUT2D eigenvalue weighted by molar-refractivity contribution is 5.89.